The molecule has 4 aromatic rings. The Hall–Kier alpha value is -3.27. The van der Waals surface area contributed by atoms with Crippen LogP contribution < -0.4 is 10.3 Å². The van der Waals surface area contributed by atoms with Gasteiger partial charge in [-0.1, -0.05) is 36.7 Å². The summed E-state index contributed by atoms with van der Waals surface area (Å²) in [6.45, 7) is 6.93. The van der Waals surface area contributed by atoms with Gasteiger partial charge >= 0.3 is 0 Å². The minimum atomic E-state index is -0.146. The highest BCUT2D eigenvalue weighted by molar-refractivity contribution is 6.31. The van der Waals surface area contributed by atoms with Gasteiger partial charge in [-0.3, -0.25) is 9.69 Å². The molecule has 0 radical (unpaired) electrons. The Balaban J connectivity index is 1.51. The van der Waals surface area contributed by atoms with Gasteiger partial charge in [-0.25, -0.2) is 4.68 Å². The van der Waals surface area contributed by atoms with Gasteiger partial charge in [-0.2, -0.15) is 0 Å². The normalized spacial score (nSPS) is 16.4. The van der Waals surface area contributed by atoms with Crippen molar-refractivity contribution in [2.45, 2.75) is 64.9 Å². The molecule has 0 bridgehead atoms. The Morgan fingerprint density at radius 1 is 1.18 bits per heavy atom. The van der Waals surface area contributed by atoms with Crippen molar-refractivity contribution in [3.8, 4) is 5.75 Å². The molecule has 0 aliphatic carbocycles. The highest BCUT2D eigenvalue weighted by atomic mass is 35.5. The highest BCUT2D eigenvalue weighted by Gasteiger charge is 2.28. The first-order valence-corrected chi connectivity index (χ1v) is 13.6. The molecule has 0 unspecified atom stereocenters. The number of H-pyrrole nitrogens is 1. The zero-order valence-corrected chi connectivity index (χ0v) is 22.5. The molecule has 1 aliphatic heterocycles. The Morgan fingerprint density at radius 2 is 2.03 bits per heavy atom. The van der Waals surface area contributed by atoms with E-state index in [-0.39, 0.29) is 17.7 Å². The van der Waals surface area contributed by atoms with Crippen molar-refractivity contribution in [1.29, 1.82) is 0 Å². The molecule has 9 nitrogen and oxygen atoms in total. The maximum absolute atomic E-state index is 13.2. The van der Waals surface area contributed by atoms with Gasteiger partial charge in [0.25, 0.3) is 5.56 Å². The molecule has 200 valence electrons. The molecule has 0 amide bonds. The van der Waals surface area contributed by atoms with Crippen LogP contribution in [0.5, 0.6) is 5.75 Å². The summed E-state index contributed by atoms with van der Waals surface area (Å²) in [5.74, 6) is 1.52. The number of benzene rings is 2. The molecule has 3 heterocycles. The first-order valence-electron chi connectivity index (χ1n) is 13.2. The Morgan fingerprint density at radius 3 is 2.79 bits per heavy atom. The second kappa shape index (κ2) is 12.1. The van der Waals surface area contributed by atoms with E-state index in [0.29, 0.717) is 36.8 Å². The van der Waals surface area contributed by atoms with Crippen molar-refractivity contribution in [2.24, 2.45) is 0 Å². The molecule has 0 spiro atoms. The van der Waals surface area contributed by atoms with Crippen LogP contribution >= 0.6 is 11.6 Å². The minimum absolute atomic E-state index is 0.106. The van der Waals surface area contributed by atoms with E-state index in [1.165, 1.54) is 0 Å². The second-order valence-electron chi connectivity index (χ2n) is 9.58. The molecular weight excluding hydrogens is 504 g/mol. The average molecular weight is 537 g/mol. The zero-order valence-electron chi connectivity index (χ0n) is 21.8. The number of tetrazole rings is 1. The van der Waals surface area contributed by atoms with Gasteiger partial charge in [0.2, 0.25) is 0 Å². The molecule has 10 heteroatoms. The fourth-order valence-corrected chi connectivity index (χ4v) is 5.31. The largest absolute Gasteiger partial charge is 0.494 e. The third-order valence-electron chi connectivity index (χ3n) is 6.99. The highest BCUT2D eigenvalue weighted by Crippen LogP contribution is 2.29. The maximum Gasteiger partial charge on any atom is 0.252 e. The number of hydrogen-bond donors (Lipinski definition) is 1. The summed E-state index contributed by atoms with van der Waals surface area (Å²) in [6.07, 6.45) is 2.90. The van der Waals surface area contributed by atoms with Gasteiger partial charge in [-0.15, -0.1) is 5.10 Å². The lowest BCUT2D eigenvalue weighted by Crippen LogP contribution is -2.33. The van der Waals surface area contributed by atoms with E-state index in [1.54, 1.807) is 0 Å². The lowest BCUT2D eigenvalue weighted by atomic mass is 10.1. The molecule has 5 rings (SSSR count). The number of aromatic nitrogens is 5. The predicted molar refractivity (Wildman–Crippen MR) is 146 cm³/mol. The smallest absolute Gasteiger partial charge is 0.252 e. The van der Waals surface area contributed by atoms with E-state index in [1.807, 2.05) is 60.1 Å². The van der Waals surface area contributed by atoms with Crippen molar-refractivity contribution in [3.05, 3.63) is 80.9 Å². The van der Waals surface area contributed by atoms with Crippen LogP contribution in [-0.4, -0.2) is 49.4 Å². The summed E-state index contributed by atoms with van der Waals surface area (Å²) in [7, 11) is 0. The second-order valence-corrected chi connectivity index (χ2v) is 9.99. The van der Waals surface area contributed by atoms with E-state index in [4.69, 9.17) is 21.1 Å². The molecule has 1 aliphatic rings. The fraction of sp³-hybridized carbons (Fsp3) is 0.429. The number of fused-ring (bicyclic) bond motifs is 1. The Kier molecular flexibility index (Phi) is 8.36. The molecule has 0 saturated carbocycles. The summed E-state index contributed by atoms with van der Waals surface area (Å²) < 4.78 is 13.4. The number of rotatable bonds is 11. The van der Waals surface area contributed by atoms with Crippen LogP contribution in [0, 0.1) is 0 Å². The van der Waals surface area contributed by atoms with Crippen molar-refractivity contribution in [2.75, 3.05) is 13.2 Å². The van der Waals surface area contributed by atoms with Crippen LogP contribution in [0.4, 0.5) is 0 Å². The van der Waals surface area contributed by atoms with Crippen molar-refractivity contribution in [3.63, 3.8) is 0 Å². The van der Waals surface area contributed by atoms with Crippen molar-refractivity contribution < 1.29 is 9.47 Å². The number of nitrogens with zero attached hydrogens (tertiary/aromatic N) is 5. The van der Waals surface area contributed by atoms with Crippen LogP contribution in [0.1, 0.15) is 56.1 Å². The van der Waals surface area contributed by atoms with E-state index >= 15 is 0 Å². The summed E-state index contributed by atoms with van der Waals surface area (Å²) in [4.78, 5) is 18.4. The van der Waals surface area contributed by atoms with Crippen LogP contribution in [-0.2, 0) is 24.4 Å². The molecule has 1 N–H and O–H groups in total. The molecule has 38 heavy (non-hydrogen) atoms. The lowest BCUT2D eigenvalue weighted by molar-refractivity contribution is 0.0888. The quantitative estimate of drug-likeness (QED) is 0.291. The molecule has 2 aromatic heterocycles. The first-order chi connectivity index (χ1) is 18.6. The van der Waals surface area contributed by atoms with Gasteiger partial charge < -0.3 is 14.5 Å². The topological polar surface area (TPSA) is 98.2 Å². The number of halogens is 1. The standard InChI is InChI=1S/C28H33ClN6O3/c1-3-26(27-31-32-33-35(27)18-23-9-7-13-38-23)34(16-19-8-5-6-10-24(19)29)17-21-14-20-15-22(37-4-2)11-12-25(20)30-28(21)36/h5-6,8,10-12,14-15,23,26H,3-4,7,9,13,16-18H2,1-2H3,(H,30,36)/t23-,26+/m0/s1. The SMILES string of the molecule is CCOc1ccc2[nH]c(=O)c(CN(Cc3ccccc3Cl)[C@H](CC)c3nnnn3C[C@@H]3CCCO3)cc2c1. The van der Waals surface area contributed by atoms with E-state index in [9.17, 15) is 4.79 Å². The number of hydrogen-bond acceptors (Lipinski definition) is 7. The Labute approximate surface area is 226 Å². The third kappa shape index (κ3) is 5.90. The number of aromatic amines is 1. The molecule has 1 fully saturated rings. The number of nitrogens with one attached hydrogen (secondary N) is 1. The Bertz CT molecular complexity index is 1430. The third-order valence-corrected chi connectivity index (χ3v) is 7.36. The summed E-state index contributed by atoms with van der Waals surface area (Å²) >= 11 is 6.57. The van der Waals surface area contributed by atoms with Crippen molar-refractivity contribution >= 4 is 22.5 Å². The molecule has 2 atom stereocenters. The predicted octanol–water partition coefficient (Wildman–Crippen LogP) is 4.90. The summed E-state index contributed by atoms with van der Waals surface area (Å²) in [6, 6.07) is 15.3. The van der Waals surface area contributed by atoms with Crippen molar-refractivity contribution in [1.82, 2.24) is 30.1 Å². The van der Waals surface area contributed by atoms with Crippen LogP contribution in [0.2, 0.25) is 5.02 Å². The van der Waals surface area contributed by atoms with Crippen LogP contribution in [0.25, 0.3) is 10.9 Å². The number of ether oxygens (including phenoxy) is 2. The summed E-state index contributed by atoms with van der Waals surface area (Å²) in [5.41, 5.74) is 2.27. The van der Waals surface area contributed by atoms with Gasteiger partial charge in [0, 0.05) is 41.2 Å². The summed E-state index contributed by atoms with van der Waals surface area (Å²) in [5, 5.41) is 14.3. The van der Waals surface area contributed by atoms with Crippen LogP contribution in [0.15, 0.2) is 53.3 Å². The molecule has 1 saturated heterocycles. The van der Waals surface area contributed by atoms with E-state index < -0.39 is 0 Å². The van der Waals surface area contributed by atoms with Gasteiger partial charge in [-0.05, 0) is 72.5 Å². The zero-order chi connectivity index (χ0) is 26.5. The number of pyridine rings is 1. The lowest BCUT2D eigenvalue weighted by Gasteiger charge is -2.30. The van der Waals surface area contributed by atoms with Gasteiger partial charge in [0.15, 0.2) is 5.82 Å². The monoisotopic (exact) mass is 536 g/mol. The molecular formula is C28H33ClN6O3. The molecule has 2 aromatic carbocycles. The van der Waals surface area contributed by atoms with E-state index in [2.05, 4.69) is 32.3 Å². The van der Waals surface area contributed by atoms with Gasteiger partial charge in [0.05, 0.1) is 25.3 Å². The minimum Gasteiger partial charge on any atom is -0.494 e. The van der Waals surface area contributed by atoms with Crippen LogP contribution in [0.3, 0.4) is 0 Å². The average Bonchev–Trinajstić information content (AvgIpc) is 3.59. The van der Waals surface area contributed by atoms with E-state index in [0.717, 1.165) is 53.9 Å². The fourth-order valence-electron chi connectivity index (χ4n) is 5.11. The first kappa shape index (κ1) is 26.3. The van der Waals surface area contributed by atoms with Gasteiger partial charge in [0.1, 0.15) is 5.75 Å². The maximum atomic E-state index is 13.2.